The van der Waals surface area contributed by atoms with E-state index in [9.17, 15) is 4.79 Å². The Kier molecular flexibility index (Phi) is 3.54. The molecule has 0 radical (unpaired) electrons. The lowest BCUT2D eigenvalue weighted by Gasteiger charge is -2.57. The molecule has 0 bridgehead atoms. The Morgan fingerprint density at radius 3 is 2.62 bits per heavy atom. The molecule has 0 saturated heterocycles. The van der Waals surface area contributed by atoms with E-state index >= 15 is 0 Å². The largest absolute Gasteiger partial charge is 0.295 e. The molecule has 1 heteroatoms. The summed E-state index contributed by atoms with van der Waals surface area (Å²) < 4.78 is 0. The van der Waals surface area contributed by atoms with Gasteiger partial charge in [-0.3, -0.25) is 4.79 Å². The molecule has 0 heterocycles. The molecule has 1 nitrogen and oxygen atoms in total. The smallest absolute Gasteiger partial charge is 0.156 e. The fourth-order valence-electron chi connectivity index (χ4n) is 7.22. The maximum Gasteiger partial charge on any atom is 0.156 e. The van der Waals surface area contributed by atoms with Crippen molar-refractivity contribution >= 4 is 5.78 Å². The molecule has 0 aliphatic heterocycles. The molecule has 0 spiro atoms. The summed E-state index contributed by atoms with van der Waals surface area (Å²) in [6.45, 7) is 13.8. The van der Waals surface area contributed by atoms with Crippen LogP contribution >= 0.6 is 0 Å². The summed E-state index contributed by atoms with van der Waals surface area (Å²) in [7, 11) is 0. The van der Waals surface area contributed by atoms with Crippen molar-refractivity contribution in [2.75, 3.05) is 0 Å². The van der Waals surface area contributed by atoms with Crippen molar-refractivity contribution in [3.63, 3.8) is 0 Å². The van der Waals surface area contributed by atoms with E-state index in [1.807, 2.05) is 6.08 Å². The maximum absolute atomic E-state index is 12.0. The lowest BCUT2D eigenvalue weighted by molar-refractivity contribution is -0.116. The SMILES string of the molecule is C=C(C)C1CCC2[C@@H]3C=C(C)C4=CC(=O)CC[C@]4(C)C3CC[C@]12C. The van der Waals surface area contributed by atoms with Gasteiger partial charge in [0.25, 0.3) is 0 Å². The zero-order chi connectivity index (χ0) is 17.3. The normalized spacial score (nSPS) is 47.2. The highest BCUT2D eigenvalue weighted by molar-refractivity contribution is 5.92. The van der Waals surface area contributed by atoms with Gasteiger partial charge in [0, 0.05) is 6.42 Å². The van der Waals surface area contributed by atoms with Crippen LogP contribution in [0.3, 0.4) is 0 Å². The van der Waals surface area contributed by atoms with E-state index in [1.54, 1.807) is 0 Å². The minimum absolute atomic E-state index is 0.222. The van der Waals surface area contributed by atoms with Crippen LogP contribution in [0, 0.1) is 34.5 Å². The fourth-order valence-corrected chi connectivity index (χ4v) is 7.22. The maximum atomic E-state index is 12.0. The van der Waals surface area contributed by atoms with E-state index in [4.69, 9.17) is 0 Å². The molecule has 0 N–H and O–H groups in total. The highest BCUT2D eigenvalue weighted by atomic mass is 16.1. The predicted molar refractivity (Wildman–Crippen MR) is 99.5 cm³/mol. The second kappa shape index (κ2) is 5.19. The summed E-state index contributed by atoms with van der Waals surface area (Å²) in [5, 5.41) is 0. The van der Waals surface area contributed by atoms with Crippen molar-refractivity contribution in [3.8, 4) is 0 Å². The predicted octanol–water partition coefficient (Wildman–Crippen LogP) is 5.88. The highest BCUT2D eigenvalue weighted by Crippen LogP contribution is 2.66. The van der Waals surface area contributed by atoms with E-state index in [2.05, 4.69) is 40.3 Å². The van der Waals surface area contributed by atoms with E-state index in [0.717, 1.165) is 24.7 Å². The molecule has 24 heavy (non-hydrogen) atoms. The first-order chi connectivity index (χ1) is 11.3. The molecule has 0 aromatic carbocycles. The number of carbonyl (C=O) groups is 1. The van der Waals surface area contributed by atoms with Gasteiger partial charge in [-0.25, -0.2) is 0 Å². The van der Waals surface area contributed by atoms with Crippen molar-refractivity contribution in [3.05, 3.63) is 35.5 Å². The van der Waals surface area contributed by atoms with Crippen LogP contribution in [0.1, 0.15) is 66.2 Å². The van der Waals surface area contributed by atoms with Crippen LogP contribution in [0.5, 0.6) is 0 Å². The van der Waals surface area contributed by atoms with Gasteiger partial charge >= 0.3 is 0 Å². The third kappa shape index (κ3) is 2.02. The zero-order valence-electron chi connectivity index (χ0n) is 15.8. The van der Waals surface area contributed by atoms with Crippen LogP contribution in [-0.2, 0) is 4.79 Å². The number of ketones is 1. The van der Waals surface area contributed by atoms with E-state index in [0.29, 0.717) is 23.0 Å². The average Bonchev–Trinajstić information content (AvgIpc) is 2.87. The summed E-state index contributed by atoms with van der Waals surface area (Å²) in [5.41, 5.74) is 4.80. The van der Waals surface area contributed by atoms with E-state index < -0.39 is 0 Å². The summed E-state index contributed by atoms with van der Waals surface area (Å²) in [6, 6.07) is 0. The highest BCUT2D eigenvalue weighted by Gasteiger charge is 2.58. The molecule has 0 amide bonds. The van der Waals surface area contributed by atoms with Crippen molar-refractivity contribution < 1.29 is 4.79 Å². The third-order valence-electron chi connectivity index (χ3n) is 8.42. The topological polar surface area (TPSA) is 17.1 Å². The lowest BCUT2D eigenvalue weighted by atomic mass is 9.47. The van der Waals surface area contributed by atoms with Crippen LogP contribution in [0.4, 0.5) is 0 Å². The van der Waals surface area contributed by atoms with Gasteiger partial charge in [0.15, 0.2) is 5.78 Å². The molecule has 4 aliphatic rings. The van der Waals surface area contributed by atoms with Gasteiger partial charge in [-0.05, 0) is 92.1 Å². The molecule has 6 atom stereocenters. The average molecular weight is 325 g/mol. The van der Waals surface area contributed by atoms with Gasteiger partial charge in [-0.2, -0.15) is 0 Å². The Morgan fingerprint density at radius 1 is 1.17 bits per heavy atom. The molecule has 0 aromatic heterocycles. The lowest BCUT2D eigenvalue weighted by Crippen LogP contribution is -2.49. The number of allylic oxidation sites excluding steroid dienone is 5. The molecule has 2 saturated carbocycles. The van der Waals surface area contributed by atoms with Gasteiger partial charge in [-0.1, -0.05) is 37.6 Å². The van der Waals surface area contributed by atoms with Crippen molar-refractivity contribution in [1.29, 1.82) is 0 Å². The van der Waals surface area contributed by atoms with Gasteiger partial charge in [0.1, 0.15) is 0 Å². The van der Waals surface area contributed by atoms with Gasteiger partial charge in [0.2, 0.25) is 0 Å². The molecular formula is C23H32O. The number of hydrogen-bond donors (Lipinski definition) is 0. The number of carbonyl (C=O) groups excluding carboxylic acids is 1. The molecule has 4 aliphatic carbocycles. The Bertz CT molecular complexity index is 666. The van der Waals surface area contributed by atoms with Crippen molar-refractivity contribution in [2.45, 2.75) is 66.2 Å². The van der Waals surface area contributed by atoms with Crippen molar-refractivity contribution in [2.24, 2.45) is 34.5 Å². The Hall–Kier alpha value is -1.11. The first-order valence-corrected chi connectivity index (χ1v) is 9.86. The second-order valence-corrected chi connectivity index (χ2v) is 9.60. The van der Waals surface area contributed by atoms with E-state index in [-0.39, 0.29) is 5.41 Å². The summed E-state index contributed by atoms with van der Waals surface area (Å²) in [4.78, 5) is 12.0. The molecule has 0 aromatic rings. The standard InChI is InChI=1S/C23H32O/c1-14(2)18-6-7-19-17-12-15(3)21-13-16(24)8-10-23(21,5)20(17)9-11-22(18,19)4/h12-13,17-20H,1,6-11H2,2-5H3/t17-,18?,19?,20?,22+,23+/m0/s1. The Morgan fingerprint density at radius 2 is 1.92 bits per heavy atom. The summed E-state index contributed by atoms with van der Waals surface area (Å²) in [5.74, 6) is 3.25. The molecule has 4 rings (SSSR count). The first kappa shape index (κ1) is 16.4. The molecular weight excluding hydrogens is 292 g/mol. The van der Waals surface area contributed by atoms with Crippen molar-refractivity contribution in [1.82, 2.24) is 0 Å². The first-order valence-electron chi connectivity index (χ1n) is 9.86. The summed E-state index contributed by atoms with van der Waals surface area (Å²) in [6.07, 6.45) is 11.7. The zero-order valence-corrected chi connectivity index (χ0v) is 15.8. The van der Waals surface area contributed by atoms with Crippen LogP contribution < -0.4 is 0 Å². The minimum Gasteiger partial charge on any atom is -0.295 e. The quantitative estimate of drug-likeness (QED) is 0.551. The van der Waals surface area contributed by atoms with E-state index in [1.165, 1.54) is 42.4 Å². The van der Waals surface area contributed by atoms with Crippen LogP contribution in [0.15, 0.2) is 35.5 Å². The number of hydrogen-bond acceptors (Lipinski definition) is 1. The fraction of sp³-hybridized carbons (Fsp3) is 0.696. The van der Waals surface area contributed by atoms with Gasteiger partial charge < -0.3 is 0 Å². The number of fused-ring (bicyclic) bond motifs is 5. The summed E-state index contributed by atoms with van der Waals surface area (Å²) >= 11 is 0. The monoisotopic (exact) mass is 324 g/mol. The van der Waals surface area contributed by atoms with Crippen LogP contribution in [-0.4, -0.2) is 5.78 Å². The van der Waals surface area contributed by atoms with Gasteiger partial charge in [0.05, 0.1) is 0 Å². The van der Waals surface area contributed by atoms with Gasteiger partial charge in [-0.15, -0.1) is 0 Å². The molecule has 2 fully saturated rings. The molecule has 130 valence electrons. The number of rotatable bonds is 1. The van der Waals surface area contributed by atoms with Crippen LogP contribution in [0.2, 0.25) is 0 Å². The Balaban J connectivity index is 1.77. The third-order valence-corrected chi connectivity index (χ3v) is 8.42. The minimum atomic E-state index is 0.222. The van der Waals surface area contributed by atoms with Crippen LogP contribution in [0.25, 0.3) is 0 Å². The molecule has 3 unspecified atom stereocenters. The Labute approximate surface area is 147 Å². The second-order valence-electron chi connectivity index (χ2n) is 9.60.